The molecule has 0 saturated carbocycles. The molecule has 6 nitrogen and oxygen atoms in total. The van der Waals surface area contributed by atoms with Crippen LogP contribution in [0.25, 0.3) is 0 Å². The molecule has 1 fully saturated rings. The highest BCUT2D eigenvalue weighted by Crippen LogP contribution is 2.23. The van der Waals surface area contributed by atoms with Gasteiger partial charge in [-0.2, -0.15) is 4.31 Å². The SMILES string of the molecule is C=CCCCN(C)C(=NCC1CCN(S(=O)(=O)c2ccccc2)CC1)NCC.I. The fourth-order valence-electron chi connectivity index (χ4n) is 3.34. The van der Waals surface area contributed by atoms with E-state index in [4.69, 9.17) is 4.99 Å². The third-order valence-electron chi connectivity index (χ3n) is 5.05. The lowest BCUT2D eigenvalue weighted by Crippen LogP contribution is -2.41. The summed E-state index contributed by atoms with van der Waals surface area (Å²) in [4.78, 5) is 7.33. The minimum absolute atomic E-state index is 0. The molecule has 2 rings (SSSR count). The topological polar surface area (TPSA) is 65.0 Å². The molecule has 0 bridgehead atoms. The average molecular weight is 535 g/mol. The van der Waals surface area contributed by atoms with Crippen LogP contribution in [0.15, 0.2) is 52.9 Å². The number of hydrogen-bond donors (Lipinski definition) is 1. The van der Waals surface area contributed by atoms with Crippen LogP contribution in [-0.4, -0.2) is 63.4 Å². The molecule has 1 aliphatic heterocycles. The first-order valence-corrected chi connectivity index (χ1v) is 11.6. The number of rotatable bonds is 9. The molecule has 0 aliphatic carbocycles. The van der Waals surface area contributed by atoms with E-state index in [1.807, 2.05) is 12.1 Å². The fourth-order valence-corrected chi connectivity index (χ4v) is 4.83. The van der Waals surface area contributed by atoms with Crippen LogP contribution in [0, 0.1) is 5.92 Å². The van der Waals surface area contributed by atoms with Crippen molar-refractivity contribution in [3.63, 3.8) is 0 Å². The van der Waals surface area contributed by atoms with E-state index >= 15 is 0 Å². The van der Waals surface area contributed by atoms with E-state index in [0.29, 0.717) is 23.9 Å². The standard InChI is InChI=1S/C21H34N4O2S.HI/c1-4-6-10-15-24(3)21(22-5-2)23-18-19-13-16-25(17-14-19)28(26,27)20-11-8-7-9-12-20;/h4,7-9,11-12,19H,1,5-6,10,13-18H2,2-3H3,(H,22,23);1H. The number of allylic oxidation sites excluding steroid dienone is 1. The van der Waals surface area contributed by atoms with Gasteiger partial charge in [-0.3, -0.25) is 4.99 Å². The second-order valence-electron chi connectivity index (χ2n) is 7.21. The van der Waals surface area contributed by atoms with Gasteiger partial charge in [-0.1, -0.05) is 24.3 Å². The van der Waals surface area contributed by atoms with Crippen molar-refractivity contribution in [2.75, 3.05) is 39.8 Å². The first-order chi connectivity index (χ1) is 13.5. The Morgan fingerprint density at radius 2 is 1.97 bits per heavy atom. The van der Waals surface area contributed by atoms with Gasteiger partial charge in [0.05, 0.1) is 4.90 Å². The summed E-state index contributed by atoms with van der Waals surface area (Å²) in [6, 6.07) is 8.69. The number of guanidine groups is 1. The highest BCUT2D eigenvalue weighted by molar-refractivity contribution is 14.0. The van der Waals surface area contributed by atoms with Gasteiger partial charge in [0, 0.05) is 39.8 Å². The third kappa shape index (κ3) is 7.90. The van der Waals surface area contributed by atoms with E-state index in [1.165, 1.54) is 0 Å². The van der Waals surface area contributed by atoms with Crippen molar-refractivity contribution < 1.29 is 8.42 Å². The van der Waals surface area contributed by atoms with E-state index in [-0.39, 0.29) is 24.0 Å². The van der Waals surface area contributed by atoms with Gasteiger partial charge in [-0.15, -0.1) is 30.6 Å². The van der Waals surface area contributed by atoms with Crippen LogP contribution in [0.4, 0.5) is 0 Å². The third-order valence-corrected chi connectivity index (χ3v) is 6.96. The summed E-state index contributed by atoms with van der Waals surface area (Å²) in [5, 5.41) is 3.35. The molecule has 1 heterocycles. The highest BCUT2D eigenvalue weighted by atomic mass is 127. The van der Waals surface area contributed by atoms with Crippen LogP contribution in [-0.2, 0) is 10.0 Å². The maximum Gasteiger partial charge on any atom is 0.243 e. The van der Waals surface area contributed by atoms with Crippen LogP contribution < -0.4 is 5.32 Å². The van der Waals surface area contributed by atoms with Crippen molar-refractivity contribution in [1.29, 1.82) is 0 Å². The van der Waals surface area contributed by atoms with Gasteiger partial charge in [-0.05, 0) is 50.7 Å². The lowest BCUT2D eigenvalue weighted by molar-refractivity contribution is 0.278. The second-order valence-corrected chi connectivity index (χ2v) is 9.15. The van der Waals surface area contributed by atoms with Gasteiger partial charge in [0.1, 0.15) is 0 Å². The number of piperidine rings is 1. The Morgan fingerprint density at radius 1 is 1.31 bits per heavy atom. The summed E-state index contributed by atoms with van der Waals surface area (Å²) in [5.41, 5.74) is 0. The first-order valence-electron chi connectivity index (χ1n) is 10.1. The number of hydrogen-bond acceptors (Lipinski definition) is 3. The average Bonchev–Trinajstić information content (AvgIpc) is 2.72. The van der Waals surface area contributed by atoms with E-state index < -0.39 is 10.0 Å². The Morgan fingerprint density at radius 3 is 2.55 bits per heavy atom. The number of halogens is 1. The van der Waals surface area contributed by atoms with Crippen LogP contribution in [0.5, 0.6) is 0 Å². The molecule has 8 heteroatoms. The lowest BCUT2D eigenvalue weighted by atomic mass is 9.98. The zero-order valence-corrected chi connectivity index (χ0v) is 20.7. The van der Waals surface area contributed by atoms with Crippen molar-refractivity contribution in [3.05, 3.63) is 43.0 Å². The van der Waals surface area contributed by atoms with Crippen LogP contribution in [0.2, 0.25) is 0 Å². The first kappa shape index (κ1) is 25.9. The fraction of sp³-hybridized carbons (Fsp3) is 0.571. The summed E-state index contributed by atoms with van der Waals surface area (Å²) < 4.78 is 27.1. The minimum atomic E-state index is -3.38. The molecule has 0 radical (unpaired) electrons. The second kappa shape index (κ2) is 13.2. The maximum absolute atomic E-state index is 12.7. The molecule has 0 amide bonds. The number of nitrogens with zero attached hydrogens (tertiary/aromatic N) is 3. The summed E-state index contributed by atoms with van der Waals surface area (Å²) in [6.07, 6.45) is 5.68. The van der Waals surface area contributed by atoms with Crippen LogP contribution in [0.1, 0.15) is 32.6 Å². The number of benzene rings is 1. The molecule has 0 spiro atoms. The highest BCUT2D eigenvalue weighted by Gasteiger charge is 2.29. The van der Waals surface area contributed by atoms with Gasteiger partial charge in [0.25, 0.3) is 0 Å². The molecule has 1 aliphatic rings. The smallest absolute Gasteiger partial charge is 0.243 e. The van der Waals surface area contributed by atoms with E-state index in [0.717, 1.165) is 51.3 Å². The Labute approximate surface area is 193 Å². The summed E-state index contributed by atoms with van der Waals surface area (Å²) in [7, 11) is -1.33. The molecular formula is C21H35IN4O2S. The van der Waals surface area contributed by atoms with E-state index in [1.54, 1.807) is 28.6 Å². The van der Waals surface area contributed by atoms with Crippen molar-refractivity contribution in [1.82, 2.24) is 14.5 Å². The zero-order chi connectivity index (χ0) is 20.4. The number of unbranched alkanes of at least 4 members (excludes halogenated alkanes) is 1. The van der Waals surface area contributed by atoms with Crippen molar-refractivity contribution >= 4 is 40.0 Å². The molecule has 29 heavy (non-hydrogen) atoms. The van der Waals surface area contributed by atoms with Crippen LogP contribution in [0.3, 0.4) is 0 Å². The molecule has 1 aromatic rings. The zero-order valence-electron chi connectivity index (χ0n) is 17.6. The molecule has 0 unspecified atom stereocenters. The largest absolute Gasteiger partial charge is 0.357 e. The van der Waals surface area contributed by atoms with E-state index in [9.17, 15) is 8.42 Å². The lowest BCUT2D eigenvalue weighted by Gasteiger charge is -2.31. The Hall–Kier alpha value is -1.13. The van der Waals surface area contributed by atoms with Gasteiger partial charge >= 0.3 is 0 Å². The molecule has 0 aromatic heterocycles. The van der Waals surface area contributed by atoms with Gasteiger partial charge in [0.2, 0.25) is 10.0 Å². The Balaban J connectivity index is 0.00000420. The molecule has 1 saturated heterocycles. The van der Waals surface area contributed by atoms with E-state index in [2.05, 4.69) is 30.8 Å². The molecule has 1 N–H and O–H groups in total. The predicted octanol–water partition coefficient (Wildman–Crippen LogP) is 3.57. The number of nitrogens with one attached hydrogen (secondary N) is 1. The molecule has 0 atom stereocenters. The Bertz CT molecular complexity index is 732. The van der Waals surface area contributed by atoms with Crippen molar-refractivity contribution in [3.8, 4) is 0 Å². The van der Waals surface area contributed by atoms with Gasteiger partial charge in [0.15, 0.2) is 5.96 Å². The molecular weight excluding hydrogens is 499 g/mol. The number of aliphatic imine (C=N–C) groups is 1. The summed E-state index contributed by atoms with van der Waals surface area (Å²) in [6.45, 7) is 9.45. The number of sulfonamides is 1. The van der Waals surface area contributed by atoms with Crippen molar-refractivity contribution in [2.24, 2.45) is 10.9 Å². The Kier molecular flexibility index (Phi) is 11.8. The van der Waals surface area contributed by atoms with Crippen molar-refractivity contribution in [2.45, 2.75) is 37.5 Å². The quantitative estimate of drug-likeness (QED) is 0.173. The monoisotopic (exact) mass is 534 g/mol. The summed E-state index contributed by atoms with van der Waals surface area (Å²) in [5.74, 6) is 1.34. The molecule has 164 valence electrons. The van der Waals surface area contributed by atoms with Gasteiger partial charge in [-0.25, -0.2) is 8.42 Å². The molecule has 1 aromatic carbocycles. The maximum atomic E-state index is 12.7. The summed E-state index contributed by atoms with van der Waals surface area (Å²) >= 11 is 0. The minimum Gasteiger partial charge on any atom is -0.357 e. The van der Waals surface area contributed by atoms with Gasteiger partial charge < -0.3 is 10.2 Å². The van der Waals surface area contributed by atoms with Crippen LogP contribution >= 0.6 is 24.0 Å². The predicted molar refractivity (Wildman–Crippen MR) is 131 cm³/mol. The normalized spacial score (nSPS) is 16.1.